The third-order valence-corrected chi connectivity index (χ3v) is 4.18. The fourth-order valence-corrected chi connectivity index (χ4v) is 2.99. The summed E-state index contributed by atoms with van der Waals surface area (Å²) in [5.74, 6) is -0.320. The van der Waals surface area contributed by atoms with E-state index in [4.69, 9.17) is 16.3 Å². The molecule has 19 heavy (non-hydrogen) atoms. The van der Waals surface area contributed by atoms with Crippen LogP contribution in [0.2, 0.25) is 0 Å². The van der Waals surface area contributed by atoms with E-state index < -0.39 is 41.0 Å². The monoisotopic (exact) mass is 292 g/mol. The molecule has 1 aromatic heterocycles. The summed E-state index contributed by atoms with van der Waals surface area (Å²) in [6, 6.07) is 1.02. The Morgan fingerprint density at radius 1 is 1.58 bits per heavy atom. The van der Waals surface area contributed by atoms with Crippen LogP contribution >= 0.6 is 11.6 Å². The normalized spacial score (nSPS) is 44.1. The van der Waals surface area contributed by atoms with E-state index in [0.717, 1.165) is 16.8 Å². The van der Waals surface area contributed by atoms with Crippen molar-refractivity contribution in [3.8, 4) is 0 Å². The van der Waals surface area contributed by atoms with Crippen molar-refractivity contribution in [3.05, 3.63) is 33.1 Å². The molecule has 5 atom stereocenters. The largest absolute Gasteiger partial charge is 0.387 e. The molecular formula is C10H10ClFN2O5. The smallest absolute Gasteiger partial charge is 0.330 e. The van der Waals surface area contributed by atoms with Crippen molar-refractivity contribution in [1.82, 2.24) is 9.55 Å². The van der Waals surface area contributed by atoms with Gasteiger partial charge < -0.3 is 14.9 Å². The number of rotatable bonds is 2. The van der Waals surface area contributed by atoms with Crippen LogP contribution in [0, 0.1) is 0 Å². The van der Waals surface area contributed by atoms with E-state index in [-0.39, 0.29) is 5.88 Å². The second-order valence-electron chi connectivity index (χ2n) is 4.68. The van der Waals surface area contributed by atoms with Crippen molar-refractivity contribution >= 4 is 11.6 Å². The molecule has 1 aromatic rings. The predicted molar refractivity (Wildman–Crippen MR) is 60.7 cm³/mol. The van der Waals surface area contributed by atoms with Crippen LogP contribution in [0.5, 0.6) is 0 Å². The van der Waals surface area contributed by atoms with Gasteiger partial charge in [0.05, 0.1) is 5.88 Å². The Morgan fingerprint density at radius 3 is 2.79 bits per heavy atom. The molecule has 1 saturated heterocycles. The number of hydrogen-bond donors (Lipinski definition) is 3. The van der Waals surface area contributed by atoms with Crippen LogP contribution < -0.4 is 11.2 Å². The van der Waals surface area contributed by atoms with Crippen molar-refractivity contribution in [1.29, 1.82) is 0 Å². The Labute approximate surface area is 110 Å². The number of hydrogen-bond acceptors (Lipinski definition) is 5. The van der Waals surface area contributed by atoms with Crippen molar-refractivity contribution in [2.24, 2.45) is 0 Å². The zero-order valence-corrected chi connectivity index (χ0v) is 10.2. The van der Waals surface area contributed by atoms with Gasteiger partial charge in [-0.1, -0.05) is 0 Å². The lowest BCUT2D eigenvalue weighted by Gasteiger charge is -2.21. The molecule has 1 aliphatic heterocycles. The molecule has 7 nitrogen and oxygen atoms in total. The van der Waals surface area contributed by atoms with Crippen molar-refractivity contribution in [2.45, 2.75) is 29.7 Å². The molecule has 1 saturated carbocycles. The molecule has 3 rings (SSSR count). The minimum absolute atomic E-state index is 0.320. The van der Waals surface area contributed by atoms with E-state index in [1.54, 1.807) is 0 Å². The van der Waals surface area contributed by atoms with E-state index in [0.29, 0.717) is 0 Å². The topological polar surface area (TPSA) is 105 Å². The van der Waals surface area contributed by atoms with Crippen LogP contribution in [0.15, 0.2) is 21.9 Å². The van der Waals surface area contributed by atoms with Gasteiger partial charge in [0.25, 0.3) is 5.56 Å². The first-order valence-electron chi connectivity index (χ1n) is 5.48. The van der Waals surface area contributed by atoms with Crippen LogP contribution in [-0.4, -0.2) is 49.1 Å². The summed E-state index contributed by atoms with van der Waals surface area (Å²) in [5, 5.41) is 19.6. The second-order valence-corrected chi connectivity index (χ2v) is 4.95. The van der Waals surface area contributed by atoms with Gasteiger partial charge in [-0.2, -0.15) is 0 Å². The lowest BCUT2D eigenvalue weighted by atomic mass is 10.1. The summed E-state index contributed by atoms with van der Waals surface area (Å²) >= 11 is 5.60. The number of aromatic nitrogens is 2. The van der Waals surface area contributed by atoms with E-state index in [1.807, 2.05) is 4.98 Å². The number of nitrogens with zero attached hydrogens (tertiary/aromatic N) is 1. The van der Waals surface area contributed by atoms with Gasteiger partial charge in [0.15, 0.2) is 18.0 Å². The highest BCUT2D eigenvalue weighted by atomic mass is 35.5. The van der Waals surface area contributed by atoms with E-state index >= 15 is 0 Å². The molecule has 0 bridgehead atoms. The van der Waals surface area contributed by atoms with Crippen molar-refractivity contribution in [3.63, 3.8) is 0 Å². The Bertz CT molecular complexity index is 643. The highest BCUT2D eigenvalue weighted by Gasteiger charge is 2.87. The molecule has 2 heterocycles. The summed E-state index contributed by atoms with van der Waals surface area (Å²) in [6.07, 6.45) is -3.87. The molecule has 104 valence electrons. The molecule has 0 aromatic carbocycles. The van der Waals surface area contributed by atoms with E-state index in [1.165, 1.54) is 0 Å². The molecule has 0 amide bonds. The minimum atomic E-state index is -2.13. The van der Waals surface area contributed by atoms with Gasteiger partial charge in [0, 0.05) is 12.3 Å². The summed E-state index contributed by atoms with van der Waals surface area (Å²) in [7, 11) is 0. The molecule has 2 aliphatic rings. The van der Waals surface area contributed by atoms with Crippen LogP contribution in [0.1, 0.15) is 6.23 Å². The molecule has 2 fully saturated rings. The average Bonchev–Trinajstić information content (AvgIpc) is 2.73. The number of alkyl halides is 2. The Hall–Kier alpha value is -1.22. The molecule has 0 radical (unpaired) electrons. The number of fused-ring (bicyclic) bond motifs is 1. The highest BCUT2D eigenvalue weighted by molar-refractivity contribution is 6.19. The van der Waals surface area contributed by atoms with Crippen LogP contribution in [0.3, 0.4) is 0 Å². The van der Waals surface area contributed by atoms with Gasteiger partial charge in [-0.05, 0) is 0 Å². The quantitative estimate of drug-likeness (QED) is 0.575. The van der Waals surface area contributed by atoms with Crippen LogP contribution in [0.4, 0.5) is 4.39 Å². The maximum absolute atomic E-state index is 14.2. The summed E-state index contributed by atoms with van der Waals surface area (Å²) in [6.45, 7) is 0. The summed E-state index contributed by atoms with van der Waals surface area (Å²) < 4.78 is 20.3. The van der Waals surface area contributed by atoms with Crippen molar-refractivity contribution < 1.29 is 19.3 Å². The number of H-pyrrole nitrogens is 1. The van der Waals surface area contributed by atoms with Gasteiger partial charge in [-0.3, -0.25) is 14.3 Å². The maximum atomic E-state index is 14.2. The number of ether oxygens (including phenoxy) is 1. The van der Waals surface area contributed by atoms with Gasteiger partial charge in [-0.25, -0.2) is 9.18 Å². The number of nitrogens with one attached hydrogen (secondary N) is 1. The summed E-state index contributed by atoms with van der Waals surface area (Å²) in [5.41, 5.74) is -5.25. The third kappa shape index (κ3) is 1.32. The average molecular weight is 293 g/mol. The first-order chi connectivity index (χ1) is 8.88. The summed E-state index contributed by atoms with van der Waals surface area (Å²) in [4.78, 5) is 24.4. The Kier molecular flexibility index (Phi) is 2.47. The number of aliphatic hydroxyl groups excluding tert-OH is 1. The van der Waals surface area contributed by atoms with Crippen LogP contribution in [-0.2, 0) is 4.74 Å². The molecule has 9 heteroatoms. The van der Waals surface area contributed by atoms with Gasteiger partial charge in [0.1, 0.15) is 11.7 Å². The fraction of sp³-hybridized carbons (Fsp3) is 0.600. The molecule has 1 aliphatic carbocycles. The van der Waals surface area contributed by atoms with Gasteiger partial charge in [0.2, 0.25) is 0 Å². The first-order valence-corrected chi connectivity index (χ1v) is 6.01. The number of halogens is 2. The SMILES string of the molecule is O=c1ccn([C@@H]2O[C@]3(CCl)C(O)[C@@]3(O)[C@H]2F)c(=O)[nH]1. The molecular weight excluding hydrogens is 283 g/mol. The predicted octanol–water partition coefficient (Wildman–Crippen LogP) is -1.51. The maximum Gasteiger partial charge on any atom is 0.330 e. The lowest BCUT2D eigenvalue weighted by Crippen LogP contribution is -2.39. The van der Waals surface area contributed by atoms with E-state index in [2.05, 4.69) is 0 Å². The standard InChI is InChI=1S/C10H10ClFN2O5/c11-3-9-7(16)10(9,18)5(12)6(19-9)14-2-1-4(15)13-8(14)17/h1-2,5-7,16,18H,3H2,(H,13,15,17)/t5-,6+,7?,9+,10-/m0/s1. The Balaban J connectivity index is 2.02. The zero-order valence-electron chi connectivity index (χ0n) is 9.42. The minimum Gasteiger partial charge on any atom is -0.387 e. The molecule has 1 unspecified atom stereocenters. The lowest BCUT2D eigenvalue weighted by molar-refractivity contribution is -0.0868. The highest BCUT2D eigenvalue weighted by Crippen LogP contribution is 2.63. The fourth-order valence-electron chi connectivity index (χ4n) is 2.57. The number of aromatic amines is 1. The third-order valence-electron chi connectivity index (χ3n) is 3.78. The number of aliphatic hydroxyl groups is 2. The van der Waals surface area contributed by atoms with Crippen molar-refractivity contribution in [2.75, 3.05) is 5.88 Å². The zero-order chi connectivity index (χ0) is 14.0. The molecule has 3 N–H and O–H groups in total. The van der Waals surface area contributed by atoms with Crippen LogP contribution in [0.25, 0.3) is 0 Å². The molecule has 0 spiro atoms. The Morgan fingerprint density at radius 2 is 2.26 bits per heavy atom. The van der Waals surface area contributed by atoms with Gasteiger partial charge in [-0.15, -0.1) is 11.6 Å². The van der Waals surface area contributed by atoms with E-state index in [9.17, 15) is 24.2 Å². The second kappa shape index (κ2) is 3.66. The van der Waals surface area contributed by atoms with Gasteiger partial charge >= 0.3 is 5.69 Å². The first kappa shape index (κ1) is 12.8.